The Morgan fingerprint density at radius 2 is 2.19 bits per heavy atom. The van der Waals surface area contributed by atoms with Crippen molar-refractivity contribution in [2.24, 2.45) is 0 Å². The van der Waals surface area contributed by atoms with Gasteiger partial charge in [-0.25, -0.2) is 14.2 Å². The standard InChI is InChI=1S/C12H10FNO2/c1-2-16-12(15)11-6-9-5-10(13)4-3-8(9)7-14-11/h3-7H,2H2,1H3. The van der Waals surface area contributed by atoms with Crippen molar-refractivity contribution in [2.45, 2.75) is 6.92 Å². The fourth-order valence-corrected chi connectivity index (χ4v) is 1.43. The van der Waals surface area contributed by atoms with Crippen molar-refractivity contribution in [2.75, 3.05) is 6.61 Å². The first-order valence-corrected chi connectivity index (χ1v) is 4.93. The van der Waals surface area contributed by atoms with Gasteiger partial charge in [-0.3, -0.25) is 0 Å². The average molecular weight is 219 g/mol. The molecule has 3 nitrogen and oxygen atoms in total. The van der Waals surface area contributed by atoms with Crippen molar-refractivity contribution < 1.29 is 13.9 Å². The van der Waals surface area contributed by atoms with Crippen molar-refractivity contribution in [3.05, 3.63) is 42.0 Å². The molecule has 0 saturated carbocycles. The average Bonchev–Trinajstić information content (AvgIpc) is 2.28. The SMILES string of the molecule is CCOC(=O)c1cc2cc(F)ccc2cn1. The van der Waals surface area contributed by atoms with Gasteiger partial charge < -0.3 is 4.74 Å². The van der Waals surface area contributed by atoms with Gasteiger partial charge >= 0.3 is 5.97 Å². The first-order valence-electron chi connectivity index (χ1n) is 4.93. The molecule has 0 bridgehead atoms. The summed E-state index contributed by atoms with van der Waals surface area (Å²) in [5, 5.41) is 1.42. The summed E-state index contributed by atoms with van der Waals surface area (Å²) in [6.45, 7) is 2.01. The monoisotopic (exact) mass is 219 g/mol. The molecule has 1 aromatic heterocycles. The Balaban J connectivity index is 2.46. The number of esters is 1. The molecule has 0 saturated heterocycles. The number of rotatable bonds is 2. The Hall–Kier alpha value is -1.97. The number of fused-ring (bicyclic) bond motifs is 1. The number of hydrogen-bond donors (Lipinski definition) is 0. The fourth-order valence-electron chi connectivity index (χ4n) is 1.43. The summed E-state index contributed by atoms with van der Waals surface area (Å²) in [7, 11) is 0. The van der Waals surface area contributed by atoms with Gasteiger partial charge in [-0.15, -0.1) is 0 Å². The topological polar surface area (TPSA) is 39.2 Å². The second-order valence-electron chi connectivity index (χ2n) is 3.28. The van der Waals surface area contributed by atoms with Crippen molar-refractivity contribution >= 4 is 16.7 Å². The molecule has 1 heterocycles. The second kappa shape index (κ2) is 4.26. The van der Waals surface area contributed by atoms with Crippen molar-refractivity contribution in [3.63, 3.8) is 0 Å². The summed E-state index contributed by atoms with van der Waals surface area (Å²) in [5.41, 5.74) is 0.194. The van der Waals surface area contributed by atoms with Gasteiger partial charge in [-0.1, -0.05) is 0 Å². The number of pyridine rings is 1. The predicted molar refractivity (Wildman–Crippen MR) is 57.7 cm³/mol. The van der Waals surface area contributed by atoms with Gasteiger partial charge in [0.05, 0.1) is 6.61 Å². The highest BCUT2D eigenvalue weighted by Gasteiger charge is 2.08. The maximum atomic E-state index is 13.0. The molecule has 16 heavy (non-hydrogen) atoms. The highest BCUT2D eigenvalue weighted by molar-refractivity contribution is 5.92. The van der Waals surface area contributed by atoms with Crippen LogP contribution in [0.5, 0.6) is 0 Å². The minimum Gasteiger partial charge on any atom is -0.461 e. The van der Waals surface area contributed by atoms with Crippen LogP contribution in [0.1, 0.15) is 17.4 Å². The predicted octanol–water partition coefficient (Wildman–Crippen LogP) is 2.55. The lowest BCUT2D eigenvalue weighted by Gasteiger charge is -2.02. The maximum absolute atomic E-state index is 13.0. The number of benzene rings is 1. The molecule has 0 amide bonds. The minimum absolute atomic E-state index is 0.194. The molecule has 2 rings (SSSR count). The smallest absolute Gasteiger partial charge is 0.356 e. The number of carbonyl (C=O) groups is 1. The zero-order valence-electron chi connectivity index (χ0n) is 8.74. The Morgan fingerprint density at radius 1 is 1.38 bits per heavy atom. The van der Waals surface area contributed by atoms with Crippen molar-refractivity contribution in [3.8, 4) is 0 Å². The van der Waals surface area contributed by atoms with Crippen LogP contribution in [0, 0.1) is 5.82 Å². The van der Waals surface area contributed by atoms with Gasteiger partial charge in [-0.2, -0.15) is 0 Å². The number of carbonyl (C=O) groups excluding carboxylic acids is 1. The van der Waals surface area contributed by atoms with Crippen molar-refractivity contribution in [1.29, 1.82) is 0 Å². The zero-order valence-corrected chi connectivity index (χ0v) is 8.74. The summed E-state index contributed by atoms with van der Waals surface area (Å²) in [4.78, 5) is 15.4. The van der Waals surface area contributed by atoms with E-state index in [4.69, 9.17) is 4.74 Å². The molecule has 82 valence electrons. The molecule has 0 aliphatic carbocycles. The van der Waals surface area contributed by atoms with E-state index in [-0.39, 0.29) is 11.5 Å². The molecular formula is C12H10FNO2. The molecule has 0 spiro atoms. The molecule has 4 heteroatoms. The highest BCUT2D eigenvalue weighted by atomic mass is 19.1. The van der Waals surface area contributed by atoms with Crippen LogP contribution in [0.4, 0.5) is 4.39 Å². The lowest BCUT2D eigenvalue weighted by Crippen LogP contribution is -2.06. The number of aromatic nitrogens is 1. The van der Waals surface area contributed by atoms with Gasteiger partial charge in [0.25, 0.3) is 0 Å². The lowest BCUT2D eigenvalue weighted by molar-refractivity contribution is 0.0519. The number of hydrogen-bond acceptors (Lipinski definition) is 3. The van der Waals surface area contributed by atoms with E-state index in [0.29, 0.717) is 12.0 Å². The summed E-state index contributed by atoms with van der Waals surface area (Å²) in [5.74, 6) is -0.831. The van der Waals surface area contributed by atoms with Gasteiger partial charge in [0.2, 0.25) is 0 Å². The molecule has 0 aliphatic heterocycles. The van der Waals surface area contributed by atoms with Crippen LogP contribution in [0.15, 0.2) is 30.5 Å². The Kier molecular flexibility index (Phi) is 2.81. The molecular weight excluding hydrogens is 209 g/mol. The van der Waals surface area contributed by atoms with Crippen LogP contribution in [0.2, 0.25) is 0 Å². The van der Waals surface area contributed by atoms with E-state index < -0.39 is 5.97 Å². The minimum atomic E-state index is -0.492. The van der Waals surface area contributed by atoms with Gasteiger partial charge in [-0.05, 0) is 36.6 Å². The molecule has 0 N–H and O–H groups in total. The number of ether oxygens (including phenoxy) is 1. The van der Waals surface area contributed by atoms with Crippen LogP contribution < -0.4 is 0 Å². The summed E-state index contributed by atoms with van der Waals surface area (Å²) in [6, 6.07) is 5.86. The van der Waals surface area contributed by atoms with Crippen LogP contribution >= 0.6 is 0 Å². The Morgan fingerprint density at radius 3 is 2.94 bits per heavy atom. The van der Waals surface area contributed by atoms with Gasteiger partial charge in [0, 0.05) is 11.6 Å². The second-order valence-corrected chi connectivity index (χ2v) is 3.28. The molecule has 0 aliphatic rings. The van der Waals surface area contributed by atoms with E-state index in [0.717, 1.165) is 5.39 Å². The first-order chi connectivity index (χ1) is 7.70. The Labute approximate surface area is 91.9 Å². The van der Waals surface area contributed by atoms with Gasteiger partial charge in [0.1, 0.15) is 11.5 Å². The van der Waals surface area contributed by atoms with Crippen LogP contribution in [-0.4, -0.2) is 17.6 Å². The summed E-state index contributed by atoms with van der Waals surface area (Å²) < 4.78 is 17.8. The quantitative estimate of drug-likeness (QED) is 0.728. The summed E-state index contributed by atoms with van der Waals surface area (Å²) in [6.07, 6.45) is 1.53. The number of nitrogens with zero attached hydrogens (tertiary/aromatic N) is 1. The molecule has 0 fully saturated rings. The van der Waals surface area contributed by atoms with E-state index in [1.807, 2.05) is 0 Å². The lowest BCUT2D eigenvalue weighted by atomic mass is 10.1. The molecule has 0 radical (unpaired) electrons. The third-order valence-corrected chi connectivity index (χ3v) is 2.17. The van der Waals surface area contributed by atoms with E-state index in [1.54, 1.807) is 13.0 Å². The van der Waals surface area contributed by atoms with E-state index in [1.165, 1.54) is 24.4 Å². The summed E-state index contributed by atoms with van der Waals surface area (Å²) >= 11 is 0. The molecule has 2 aromatic rings. The largest absolute Gasteiger partial charge is 0.461 e. The molecule has 0 atom stereocenters. The van der Waals surface area contributed by atoms with Crippen LogP contribution in [-0.2, 0) is 4.74 Å². The van der Waals surface area contributed by atoms with E-state index in [2.05, 4.69) is 4.98 Å². The van der Waals surface area contributed by atoms with E-state index in [9.17, 15) is 9.18 Å². The third kappa shape index (κ3) is 2.00. The fraction of sp³-hybridized carbons (Fsp3) is 0.167. The first kappa shape index (κ1) is 10.5. The highest BCUT2D eigenvalue weighted by Crippen LogP contribution is 2.15. The zero-order chi connectivity index (χ0) is 11.5. The van der Waals surface area contributed by atoms with E-state index >= 15 is 0 Å². The third-order valence-electron chi connectivity index (χ3n) is 2.17. The number of halogens is 1. The Bertz CT molecular complexity index is 540. The molecule has 0 unspecified atom stereocenters. The maximum Gasteiger partial charge on any atom is 0.356 e. The van der Waals surface area contributed by atoms with Gasteiger partial charge in [0.15, 0.2) is 0 Å². The normalized spacial score (nSPS) is 10.4. The van der Waals surface area contributed by atoms with Crippen LogP contribution in [0.25, 0.3) is 10.8 Å². The molecule has 1 aromatic carbocycles. The van der Waals surface area contributed by atoms with Crippen molar-refractivity contribution in [1.82, 2.24) is 4.98 Å². The van der Waals surface area contributed by atoms with Crippen LogP contribution in [0.3, 0.4) is 0 Å².